The van der Waals surface area contributed by atoms with Crippen LogP contribution in [0.1, 0.15) is 6.92 Å². The van der Waals surface area contributed by atoms with Gasteiger partial charge in [-0.15, -0.1) is 0 Å². The van der Waals surface area contributed by atoms with Gasteiger partial charge in [-0.05, 0) is 6.92 Å². The standard InChI is InChI=1S/C4H10NO6P.C3H8NO6P/c1-2(6)3(4(7)8)5-12(9,10)11;5-1-2(3(6)7)4-11(8,9)10/h2-3,6H,1H3,(H,7,8)(H3,5,9,10,11);2,5H,1H2,(H,6,7)(H3,4,8,9,10)/t2-,3+;2-/m10/s1. The van der Waals surface area contributed by atoms with E-state index in [1.54, 1.807) is 0 Å². The number of aliphatic hydroxyl groups excluding tert-OH is 2. The molecule has 0 spiro atoms. The van der Waals surface area contributed by atoms with Crippen molar-refractivity contribution in [3.05, 3.63) is 0 Å². The van der Waals surface area contributed by atoms with Crippen molar-refractivity contribution in [1.82, 2.24) is 10.2 Å². The molecule has 3 atom stereocenters. The van der Waals surface area contributed by atoms with Crippen molar-refractivity contribution in [2.75, 3.05) is 6.61 Å². The third-order valence-electron chi connectivity index (χ3n) is 1.86. The second-order valence-electron chi connectivity index (χ2n) is 3.98. The number of hydrogen-bond donors (Lipinski definition) is 10. The summed E-state index contributed by atoms with van der Waals surface area (Å²) in [7, 11) is -9.20. The highest BCUT2D eigenvalue weighted by Gasteiger charge is 2.29. The molecule has 23 heavy (non-hydrogen) atoms. The monoisotopic (exact) mass is 384 g/mol. The van der Waals surface area contributed by atoms with Gasteiger partial charge in [0.2, 0.25) is 0 Å². The molecule has 0 aromatic carbocycles. The molecule has 0 radical (unpaired) electrons. The minimum absolute atomic E-state index is 0.875. The third-order valence-corrected chi connectivity index (χ3v) is 3.12. The number of carbonyl (C=O) groups is 2. The van der Waals surface area contributed by atoms with Crippen LogP contribution in [0.25, 0.3) is 0 Å². The van der Waals surface area contributed by atoms with Gasteiger partial charge >= 0.3 is 27.4 Å². The Morgan fingerprint density at radius 1 is 0.957 bits per heavy atom. The molecule has 16 heteroatoms. The molecule has 0 amide bonds. The fraction of sp³-hybridized carbons (Fsp3) is 0.714. The molecular formula is C7H18N2O12P2. The average Bonchev–Trinajstić information content (AvgIpc) is 2.30. The van der Waals surface area contributed by atoms with Gasteiger partial charge in [0.1, 0.15) is 12.1 Å². The van der Waals surface area contributed by atoms with Crippen molar-refractivity contribution in [3.8, 4) is 0 Å². The highest BCUT2D eigenvalue weighted by Crippen LogP contribution is 2.29. The molecule has 0 bridgehead atoms. The van der Waals surface area contributed by atoms with E-state index in [2.05, 4.69) is 0 Å². The Morgan fingerprint density at radius 3 is 1.43 bits per heavy atom. The SMILES string of the molecule is C[C@@H](O)[C@H](NP(=O)(O)O)C(=O)O.O=C(O)[C@H](CO)NP(=O)(O)O. The molecule has 0 aliphatic carbocycles. The maximum atomic E-state index is 10.3. The lowest BCUT2D eigenvalue weighted by atomic mass is 10.2. The van der Waals surface area contributed by atoms with Gasteiger partial charge in [-0.1, -0.05) is 0 Å². The molecular weight excluding hydrogens is 366 g/mol. The summed E-state index contributed by atoms with van der Waals surface area (Å²) in [6.07, 6.45) is -1.38. The van der Waals surface area contributed by atoms with Crippen LogP contribution in [0.15, 0.2) is 0 Å². The molecule has 0 aliphatic heterocycles. The van der Waals surface area contributed by atoms with Crippen LogP contribution >= 0.6 is 15.5 Å². The van der Waals surface area contributed by atoms with E-state index in [0.29, 0.717) is 0 Å². The second kappa shape index (κ2) is 10.1. The number of carboxylic acids is 2. The predicted molar refractivity (Wildman–Crippen MR) is 72.0 cm³/mol. The van der Waals surface area contributed by atoms with E-state index in [9.17, 15) is 18.7 Å². The zero-order valence-electron chi connectivity index (χ0n) is 11.5. The lowest BCUT2D eigenvalue weighted by Crippen LogP contribution is -2.42. The van der Waals surface area contributed by atoms with Crippen molar-refractivity contribution in [1.29, 1.82) is 0 Å². The van der Waals surface area contributed by atoms with Gasteiger partial charge in [-0.25, -0.2) is 19.3 Å². The van der Waals surface area contributed by atoms with E-state index in [1.807, 2.05) is 0 Å². The Hall–Kier alpha value is -0.920. The summed E-state index contributed by atoms with van der Waals surface area (Å²) in [5.41, 5.74) is 0. The Kier molecular flexibility index (Phi) is 10.6. The van der Waals surface area contributed by atoms with Gasteiger partial charge in [-0.3, -0.25) is 9.59 Å². The molecule has 0 saturated heterocycles. The van der Waals surface area contributed by atoms with Crippen molar-refractivity contribution < 1.29 is 58.7 Å². The molecule has 0 aromatic rings. The number of nitrogens with one attached hydrogen (secondary N) is 2. The average molecular weight is 384 g/mol. The van der Waals surface area contributed by atoms with Crippen LogP contribution < -0.4 is 10.2 Å². The predicted octanol–water partition coefficient (Wildman–Crippen LogP) is -3.38. The van der Waals surface area contributed by atoms with Gasteiger partial charge in [0.05, 0.1) is 12.7 Å². The molecule has 0 aliphatic rings. The number of carboxylic acid groups (broad SMARTS) is 2. The molecule has 0 heterocycles. The zero-order valence-corrected chi connectivity index (χ0v) is 13.3. The molecule has 0 unspecified atom stereocenters. The normalized spacial score (nSPS) is 15.8. The summed E-state index contributed by atoms with van der Waals surface area (Å²) in [6.45, 7) is 0.238. The summed E-state index contributed by atoms with van der Waals surface area (Å²) in [5.74, 6) is -3.04. The fourth-order valence-corrected chi connectivity index (χ4v) is 2.21. The van der Waals surface area contributed by atoms with E-state index < -0.39 is 52.2 Å². The first-order valence-electron chi connectivity index (χ1n) is 5.52. The smallest absolute Gasteiger partial charge is 0.401 e. The van der Waals surface area contributed by atoms with E-state index in [0.717, 1.165) is 6.92 Å². The summed E-state index contributed by atoms with van der Waals surface area (Å²) in [4.78, 5) is 53.3. The van der Waals surface area contributed by atoms with Gasteiger partial charge < -0.3 is 40.0 Å². The minimum Gasteiger partial charge on any atom is -0.480 e. The van der Waals surface area contributed by atoms with Crippen LogP contribution in [0.5, 0.6) is 0 Å². The first-order valence-corrected chi connectivity index (χ1v) is 8.74. The molecule has 0 saturated carbocycles. The Labute approximate surface area is 129 Å². The van der Waals surface area contributed by atoms with Crippen LogP contribution in [0.3, 0.4) is 0 Å². The van der Waals surface area contributed by atoms with E-state index >= 15 is 0 Å². The maximum absolute atomic E-state index is 10.3. The van der Waals surface area contributed by atoms with Gasteiger partial charge in [-0.2, -0.15) is 0 Å². The number of rotatable bonds is 8. The summed E-state index contributed by atoms with van der Waals surface area (Å²) in [6, 6.07) is -3.29. The molecule has 10 N–H and O–H groups in total. The Morgan fingerprint density at radius 2 is 1.35 bits per heavy atom. The fourth-order valence-electron chi connectivity index (χ4n) is 0.928. The summed E-state index contributed by atoms with van der Waals surface area (Å²) < 4.78 is 20.4. The summed E-state index contributed by atoms with van der Waals surface area (Å²) in [5, 5.41) is 36.4. The lowest BCUT2D eigenvalue weighted by Gasteiger charge is -2.17. The molecule has 0 fully saturated rings. The van der Waals surface area contributed by atoms with Crippen molar-refractivity contribution in [2.45, 2.75) is 25.1 Å². The molecule has 14 nitrogen and oxygen atoms in total. The highest BCUT2D eigenvalue weighted by molar-refractivity contribution is 7.49. The van der Waals surface area contributed by atoms with Crippen molar-refractivity contribution in [3.63, 3.8) is 0 Å². The largest absolute Gasteiger partial charge is 0.480 e. The molecule has 0 aromatic heterocycles. The number of aliphatic carboxylic acids is 2. The van der Waals surface area contributed by atoms with E-state index in [-0.39, 0.29) is 0 Å². The van der Waals surface area contributed by atoms with Crippen LogP contribution in [0, 0.1) is 0 Å². The first-order chi connectivity index (χ1) is 10.1. The first kappa shape index (κ1) is 24.3. The minimum atomic E-state index is -4.62. The quantitative estimate of drug-likeness (QED) is 0.183. The highest BCUT2D eigenvalue weighted by atomic mass is 31.2. The van der Waals surface area contributed by atoms with Crippen LogP contribution in [0.2, 0.25) is 0 Å². The van der Waals surface area contributed by atoms with Gasteiger partial charge in [0.25, 0.3) is 0 Å². The Bertz CT molecular complexity index is 484. The van der Waals surface area contributed by atoms with E-state index in [1.165, 1.54) is 10.2 Å². The second-order valence-corrected chi connectivity index (χ2v) is 6.67. The third kappa shape index (κ3) is 14.4. The molecule has 0 rings (SSSR count). The molecule has 138 valence electrons. The van der Waals surface area contributed by atoms with Crippen LogP contribution in [-0.2, 0) is 18.7 Å². The number of aliphatic hydroxyl groups is 2. The Balaban J connectivity index is 0. The van der Waals surface area contributed by atoms with Crippen molar-refractivity contribution in [2.24, 2.45) is 0 Å². The summed E-state index contributed by atoms with van der Waals surface area (Å²) >= 11 is 0. The lowest BCUT2D eigenvalue weighted by molar-refractivity contribution is -0.142. The van der Waals surface area contributed by atoms with Gasteiger partial charge in [0, 0.05) is 0 Å². The van der Waals surface area contributed by atoms with Crippen LogP contribution in [0.4, 0.5) is 0 Å². The maximum Gasteiger partial charge on any atom is 0.401 e. The number of hydrogen-bond acceptors (Lipinski definition) is 6. The van der Waals surface area contributed by atoms with Crippen molar-refractivity contribution >= 4 is 27.4 Å². The van der Waals surface area contributed by atoms with E-state index in [4.69, 9.17) is 40.0 Å². The van der Waals surface area contributed by atoms with Crippen LogP contribution in [-0.4, -0.2) is 76.7 Å². The van der Waals surface area contributed by atoms with Gasteiger partial charge in [0.15, 0.2) is 0 Å². The topological polar surface area (TPSA) is 254 Å². The zero-order chi connectivity index (χ0) is 19.0.